The van der Waals surface area contributed by atoms with E-state index >= 15 is 0 Å². The molecule has 1 unspecified atom stereocenters. The van der Waals surface area contributed by atoms with Crippen molar-refractivity contribution >= 4 is 17.5 Å². The highest BCUT2D eigenvalue weighted by molar-refractivity contribution is 8.02. The number of thioether (sulfide) groups is 1. The van der Waals surface area contributed by atoms with Crippen molar-refractivity contribution in [1.29, 1.82) is 5.26 Å². The molecule has 1 aromatic carbocycles. The van der Waals surface area contributed by atoms with E-state index in [9.17, 15) is 10.1 Å². The molecule has 112 valence electrons. The van der Waals surface area contributed by atoms with Crippen molar-refractivity contribution in [1.82, 2.24) is 5.32 Å². The fourth-order valence-electron chi connectivity index (χ4n) is 3.31. The molecule has 2 aliphatic rings. The number of Topliss-reactive ketones (excluding diaryl/α,β-unsaturated/α-hetero) is 1. The highest BCUT2D eigenvalue weighted by atomic mass is 32.2. The Labute approximate surface area is 135 Å². The van der Waals surface area contributed by atoms with Gasteiger partial charge in [-0.1, -0.05) is 24.3 Å². The molecule has 0 saturated carbocycles. The molecule has 1 N–H and O–H groups in total. The molecule has 0 saturated heterocycles. The van der Waals surface area contributed by atoms with Gasteiger partial charge in [0.1, 0.15) is 0 Å². The molecule has 1 atom stereocenters. The van der Waals surface area contributed by atoms with E-state index in [-0.39, 0.29) is 11.7 Å². The molecule has 4 heteroatoms. The molecule has 0 bridgehead atoms. The highest BCUT2D eigenvalue weighted by Crippen LogP contribution is 2.44. The van der Waals surface area contributed by atoms with E-state index in [2.05, 4.69) is 11.4 Å². The van der Waals surface area contributed by atoms with Crippen molar-refractivity contribution in [3.63, 3.8) is 0 Å². The predicted molar refractivity (Wildman–Crippen MR) is 89.1 cm³/mol. The van der Waals surface area contributed by atoms with Gasteiger partial charge in [0.25, 0.3) is 0 Å². The molecule has 0 radical (unpaired) electrons. The lowest BCUT2D eigenvalue weighted by Gasteiger charge is -2.33. The van der Waals surface area contributed by atoms with Crippen LogP contribution in [0.3, 0.4) is 0 Å². The summed E-state index contributed by atoms with van der Waals surface area (Å²) in [5.74, 6) is -0.0485. The normalized spacial score (nSPS) is 21.3. The second kappa shape index (κ2) is 6.02. The third-order valence-corrected chi connectivity index (χ3v) is 5.10. The molecule has 0 aromatic heterocycles. The predicted octanol–water partition coefficient (Wildman–Crippen LogP) is 3.79. The van der Waals surface area contributed by atoms with Crippen LogP contribution < -0.4 is 5.32 Å². The summed E-state index contributed by atoms with van der Waals surface area (Å²) in [6.45, 7) is 2.04. The van der Waals surface area contributed by atoms with Crippen LogP contribution in [0.1, 0.15) is 36.3 Å². The third kappa shape index (κ3) is 2.36. The monoisotopic (exact) mass is 310 g/mol. The standard InChI is InChI=1S/C18H18N2OS/c1-11-6-3-4-7-12(11)16-13(10-19)18(22-2)20-14-8-5-9-15(21)17(14)16/h3-4,6-7,16,20H,5,8-9H2,1-2H3. The van der Waals surface area contributed by atoms with Gasteiger partial charge in [-0.25, -0.2) is 0 Å². The zero-order chi connectivity index (χ0) is 15.7. The molecule has 0 spiro atoms. The Bertz CT molecular complexity index is 740. The number of carbonyl (C=O) groups excluding carboxylic acids is 1. The van der Waals surface area contributed by atoms with Crippen LogP contribution in [0.15, 0.2) is 46.1 Å². The van der Waals surface area contributed by atoms with Gasteiger partial charge < -0.3 is 5.32 Å². The summed E-state index contributed by atoms with van der Waals surface area (Å²) in [5.41, 5.74) is 4.65. The Morgan fingerprint density at radius 2 is 2.09 bits per heavy atom. The van der Waals surface area contributed by atoms with E-state index in [1.165, 1.54) is 0 Å². The molecule has 1 aliphatic carbocycles. The van der Waals surface area contributed by atoms with Crippen LogP contribution in [0.25, 0.3) is 0 Å². The Morgan fingerprint density at radius 1 is 1.32 bits per heavy atom. The largest absolute Gasteiger partial charge is 0.352 e. The molecular weight excluding hydrogens is 292 g/mol. The molecule has 0 amide bonds. The maximum atomic E-state index is 12.5. The summed E-state index contributed by atoms with van der Waals surface area (Å²) in [5, 5.41) is 13.9. The minimum Gasteiger partial charge on any atom is -0.352 e. The fourth-order valence-corrected chi connectivity index (χ4v) is 3.91. The fraction of sp³-hybridized carbons (Fsp3) is 0.333. The number of benzene rings is 1. The van der Waals surface area contributed by atoms with Gasteiger partial charge >= 0.3 is 0 Å². The minimum atomic E-state index is -0.224. The van der Waals surface area contributed by atoms with Crippen molar-refractivity contribution in [2.24, 2.45) is 0 Å². The number of aryl methyl sites for hydroxylation is 1. The lowest BCUT2D eigenvalue weighted by molar-refractivity contribution is -0.116. The summed E-state index contributed by atoms with van der Waals surface area (Å²) in [6.07, 6.45) is 4.31. The van der Waals surface area contributed by atoms with Crippen LogP contribution in [0.2, 0.25) is 0 Å². The number of dihydropyridines is 1. The molecule has 0 fully saturated rings. The van der Waals surface area contributed by atoms with Crippen molar-refractivity contribution in [2.45, 2.75) is 32.1 Å². The Hall–Kier alpha value is -1.99. The second-order valence-corrected chi connectivity index (χ2v) is 6.46. The minimum absolute atomic E-state index is 0.176. The number of allylic oxidation sites excluding steroid dienone is 3. The lowest BCUT2D eigenvalue weighted by Crippen LogP contribution is -2.31. The first-order chi connectivity index (χ1) is 10.7. The van der Waals surface area contributed by atoms with E-state index in [1.54, 1.807) is 11.8 Å². The summed E-state index contributed by atoms with van der Waals surface area (Å²) >= 11 is 1.54. The van der Waals surface area contributed by atoms with Crippen molar-refractivity contribution < 1.29 is 4.79 Å². The SMILES string of the molecule is CSC1=C(C#N)C(c2ccccc2C)C2=C(CCCC2=O)N1. The summed E-state index contributed by atoms with van der Waals surface area (Å²) in [4.78, 5) is 12.5. The highest BCUT2D eigenvalue weighted by Gasteiger charge is 2.37. The van der Waals surface area contributed by atoms with Gasteiger partial charge in [0.05, 0.1) is 22.6 Å². The second-order valence-electron chi connectivity index (χ2n) is 5.64. The van der Waals surface area contributed by atoms with Crippen LogP contribution in [0.4, 0.5) is 0 Å². The molecule has 3 rings (SSSR count). The number of nitriles is 1. The maximum Gasteiger partial charge on any atom is 0.161 e. The quantitative estimate of drug-likeness (QED) is 0.903. The Balaban J connectivity index is 2.24. The van der Waals surface area contributed by atoms with Crippen molar-refractivity contribution in [3.05, 3.63) is 57.3 Å². The third-order valence-electron chi connectivity index (χ3n) is 4.37. The summed E-state index contributed by atoms with van der Waals surface area (Å²) in [6, 6.07) is 10.4. The topological polar surface area (TPSA) is 52.9 Å². The van der Waals surface area contributed by atoms with Gasteiger partial charge in [-0.2, -0.15) is 5.26 Å². The first-order valence-electron chi connectivity index (χ1n) is 7.44. The van der Waals surface area contributed by atoms with Crippen LogP contribution in [0, 0.1) is 18.3 Å². The summed E-state index contributed by atoms with van der Waals surface area (Å²) < 4.78 is 0. The van der Waals surface area contributed by atoms with Crippen LogP contribution in [0.5, 0.6) is 0 Å². The zero-order valence-corrected chi connectivity index (χ0v) is 13.6. The van der Waals surface area contributed by atoms with E-state index in [4.69, 9.17) is 0 Å². The smallest absolute Gasteiger partial charge is 0.161 e. The van der Waals surface area contributed by atoms with Crippen molar-refractivity contribution in [3.8, 4) is 6.07 Å². The maximum absolute atomic E-state index is 12.5. The van der Waals surface area contributed by atoms with E-state index in [1.807, 2.05) is 37.4 Å². The van der Waals surface area contributed by atoms with Gasteiger partial charge in [-0.3, -0.25) is 4.79 Å². The van der Waals surface area contributed by atoms with Gasteiger partial charge in [0, 0.05) is 17.7 Å². The van der Waals surface area contributed by atoms with Crippen molar-refractivity contribution in [2.75, 3.05) is 6.26 Å². The number of hydrogen-bond donors (Lipinski definition) is 1. The molecule has 1 aromatic rings. The van der Waals surface area contributed by atoms with Crippen LogP contribution >= 0.6 is 11.8 Å². The number of ketones is 1. The van der Waals surface area contributed by atoms with E-state index in [0.717, 1.165) is 40.3 Å². The Morgan fingerprint density at radius 3 is 2.77 bits per heavy atom. The van der Waals surface area contributed by atoms with Gasteiger partial charge in [-0.15, -0.1) is 11.8 Å². The molecule has 22 heavy (non-hydrogen) atoms. The molecular formula is C18H18N2OS. The molecule has 1 aliphatic heterocycles. The zero-order valence-electron chi connectivity index (χ0n) is 12.8. The van der Waals surface area contributed by atoms with E-state index in [0.29, 0.717) is 12.0 Å². The number of rotatable bonds is 2. The van der Waals surface area contributed by atoms with Gasteiger partial charge in [0.15, 0.2) is 5.78 Å². The number of nitrogens with one attached hydrogen (secondary N) is 1. The van der Waals surface area contributed by atoms with Crippen LogP contribution in [-0.2, 0) is 4.79 Å². The van der Waals surface area contributed by atoms with E-state index < -0.39 is 0 Å². The first kappa shape index (κ1) is 14.9. The molecule has 3 nitrogen and oxygen atoms in total. The number of carbonyl (C=O) groups is 1. The first-order valence-corrected chi connectivity index (χ1v) is 8.67. The summed E-state index contributed by atoms with van der Waals surface area (Å²) in [7, 11) is 0. The number of nitrogens with zero attached hydrogens (tertiary/aromatic N) is 1. The lowest BCUT2D eigenvalue weighted by atomic mass is 9.76. The average Bonchev–Trinajstić information content (AvgIpc) is 2.54. The number of hydrogen-bond acceptors (Lipinski definition) is 4. The average molecular weight is 310 g/mol. The van der Waals surface area contributed by atoms with Gasteiger partial charge in [0.2, 0.25) is 0 Å². The van der Waals surface area contributed by atoms with Gasteiger partial charge in [-0.05, 0) is 37.1 Å². The van der Waals surface area contributed by atoms with Crippen LogP contribution in [-0.4, -0.2) is 12.0 Å². The molecule has 1 heterocycles. The Kier molecular flexibility index (Phi) is 4.08.